The minimum Gasteiger partial charge on any atom is -0.366 e. The van der Waals surface area contributed by atoms with Crippen LogP contribution in [0.3, 0.4) is 0 Å². The van der Waals surface area contributed by atoms with E-state index in [1.807, 2.05) is 12.1 Å². The fraction of sp³-hybridized carbons (Fsp3) is 0.364. The van der Waals surface area contributed by atoms with Crippen molar-refractivity contribution in [2.75, 3.05) is 20.1 Å². The van der Waals surface area contributed by atoms with Crippen molar-refractivity contribution in [1.82, 2.24) is 15.5 Å². The molecule has 3 rings (SSSR count). The molecule has 1 amide bonds. The fourth-order valence-electron chi connectivity index (χ4n) is 3.61. The highest BCUT2D eigenvalue weighted by molar-refractivity contribution is 14.0. The summed E-state index contributed by atoms with van der Waals surface area (Å²) in [5.74, 6) is 0.347. The van der Waals surface area contributed by atoms with Crippen LogP contribution in [0.5, 0.6) is 0 Å². The Labute approximate surface area is 190 Å². The van der Waals surface area contributed by atoms with Crippen molar-refractivity contribution in [3.05, 3.63) is 71.3 Å². The molecule has 6 nitrogen and oxygen atoms in total. The third-order valence-corrected chi connectivity index (χ3v) is 5.13. The number of rotatable bonds is 7. The Morgan fingerprint density at radius 1 is 1.14 bits per heavy atom. The highest BCUT2D eigenvalue weighted by Gasteiger charge is 2.24. The predicted molar refractivity (Wildman–Crippen MR) is 128 cm³/mol. The maximum absolute atomic E-state index is 11.3. The second kappa shape index (κ2) is 11.8. The number of hydrogen-bond acceptors (Lipinski definition) is 3. The number of amides is 1. The van der Waals surface area contributed by atoms with Crippen LogP contribution in [0.25, 0.3) is 0 Å². The van der Waals surface area contributed by atoms with Gasteiger partial charge in [0.2, 0.25) is 5.91 Å². The molecule has 0 spiro atoms. The van der Waals surface area contributed by atoms with Crippen LogP contribution in [0, 0.1) is 0 Å². The zero-order valence-corrected chi connectivity index (χ0v) is 19.1. The second-order valence-electron chi connectivity index (χ2n) is 7.12. The van der Waals surface area contributed by atoms with E-state index in [1.165, 1.54) is 18.4 Å². The number of likely N-dealkylation sites (tertiary alicyclic amines) is 1. The summed E-state index contributed by atoms with van der Waals surface area (Å²) in [4.78, 5) is 18.2. The Morgan fingerprint density at radius 2 is 1.90 bits per heavy atom. The first-order valence-electron chi connectivity index (χ1n) is 9.77. The lowest BCUT2D eigenvalue weighted by Crippen LogP contribution is -2.44. The molecule has 156 valence electrons. The maximum Gasteiger partial charge on any atom is 0.248 e. The molecule has 1 aliphatic heterocycles. The predicted octanol–water partition coefficient (Wildman–Crippen LogP) is 2.73. The van der Waals surface area contributed by atoms with Gasteiger partial charge in [-0.05, 0) is 42.6 Å². The van der Waals surface area contributed by atoms with E-state index >= 15 is 0 Å². The Hall–Kier alpha value is -2.13. The molecule has 1 unspecified atom stereocenters. The molecule has 1 fully saturated rings. The van der Waals surface area contributed by atoms with Crippen LogP contribution < -0.4 is 16.4 Å². The SMILES string of the molecule is CN=C(NCc1cccc(C(N)=O)c1)NCC1CCCN1Cc1ccccc1.I. The third kappa shape index (κ3) is 7.01. The van der Waals surface area contributed by atoms with Crippen molar-refractivity contribution in [3.8, 4) is 0 Å². The summed E-state index contributed by atoms with van der Waals surface area (Å²) in [6.45, 7) is 3.55. The molecule has 0 aromatic heterocycles. The normalized spacial score (nSPS) is 16.9. The van der Waals surface area contributed by atoms with Crippen molar-refractivity contribution >= 4 is 35.8 Å². The largest absolute Gasteiger partial charge is 0.366 e. The summed E-state index contributed by atoms with van der Waals surface area (Å²) < 4.78 is 0. The van der Waals surface area contributed by atoms with E-state index in [4.69, 9.17) is 5.73 Å². The molecule has 1 heterocycles. The molecule has 0 radical (unpaired) electrons. The van der Waals surface area contributed by atoms with Gasteiger partial charge in [-0.3, -0.25) is 14.7 Å². The number of carbonyl (C=O) groups is 1. The summed E-state index contributed by atoms with van der Waals surface area (Å²) in [5, 5.41) is 6.75. The molecule has 0 aliphatic carbocycles. The molecular weight excluding hydrogens is 477 g/mol. The van der Waals surface area contributed by atoms with E-state index < -0.39 is 5.91 Å². The van der Waals surface area contributed by atoms with Crippen LogP contribution in [0.15, 0.2) is 59.6 Å². The molecule has 0 bridgehead atoms. The van der Waals surface area contributed by atoms with Crippen molar-refractivity contribution in [2.45, 2.75) is 32.0 Å². The van der Waals surface area contributed by atoms with E-state index in [0.29, 0.717) is 18.2 Å². The first-order chi connectivity index (χ1) is 13.7. The number of nitrogens with two attached hydrogens (primary N) is 1. The molecule has 1 aliphatic rings. The Bertz CT molecular complexity index is 812. The van der Waals surface area contributed by atoms with Crippen molar-refractivity contribution in [1.29, 1.82) is 0 Å². The fourth-order valence-corrected chi connectivity index (χ4v) is 3.61. The average molecular weight is 507 g/mol. The van der Waals surface area contributed by atoms with Gasteiger partial charge in [0.25, 0.3) is 0 Å². The van der Waals surface area contributed by atoms with Crippen LogP contribution in [-0.4, -0.2) is 42.9 Å². The van der Waals surface area contributed by atoms with E-state index in [1.54, 1.807) is 19.2 Å². The summed E-state index contributed by atoms with van der Waals surface area (Å²) in [6, 6.07) is 18.4. The van der Waals surface area contributed by atoms with Crippen molar-refractivity contribution in [3.63, 3.8) is 0 Å². The molecule has 4 N–H and O–H groups in total. The van der Waals surface area contributed by atoms with Crippen LogP contribution in [0.2, 0.25) is 0 Å². The molecule has 0 saturated carbocycles. The molecule has 2 aromatic rings. The minimum absolute atomic E-state index is 0. The van der Waals surface area contributed by atoms with Gasteiger partial charge in [-0.1, -0.05) is 42.5 Å². The maximum atomic E-state index is 11.3. The van der Waals surface area contributed by atoms with Crippen LogP contribution in [0.1, 0.15) is 34.3 Å². The zero-order chi connectivity index (χ0) is 19.8. The number of hydrogen-bond donors (Lipinski definition) is 3. The number of aliphatic imine (C=N–C) groups is 1. The molecule has 7 heteroatoms. The van der Waals surface area contributed by atoms with E-state index in [-0.39, 0.29) is 24.0 Å². The molecule has 1 saturated heterocycles. The smallest absolute Gasteiger partial charge is 0.248 e. The van der Waals surface area contributed by atoms with Gasteiger partial charge >= 0.3 is 0 Å². The third-order valence-electron chi connectivity index (χ3n) is 5.13. The quantitative estimate of drug-likeness (QED) is 0.306. The van der Waals surface area contributed by atoms with Crippen molar-refractivity contribution in [2.24, 2.45) is 10.7 Å². The Balaban J connectivity index is 0.00000300. The van der Waals surface area contributed by atoms with E-state index in [2.05, 4.69) is 50.9 Å². The van der Waals surface area contributed by atoms with Crippen LogP contribution >= 0.6 is 24.0 Å². The summed E-state index contributed by atoms with van der Waals surface area (Å²) in [6.07, 6.45) is 2.42. The number of nitrogens with zero attached hydrogens (tertiary/aromatic N) is 2. The number of nitrogens with one attached hydrogen (secondary N) is 2. The number of halogens is 1. The summed E-state index contributed by atoms with van der Waals surface area (Å²) in [7, 11) is 1.77. The monoisotopic (exact) mass is 507 g/mol. The lowest BCUT2D eigenvalue weighted by Gasteiger charge is -2.25. The van der Waals surface area contributed by atoms with Gasteiger partial charge in [0.05, 0.1) is 0 Å². The Kier molecular flexibility index (Phi) is 9.40. The second-order valence-corrected chi connectivity index (χ2v) is 7.12. The molecule has 29 heavy (non-hydrogen) atoms. The molecule has 1 atom stereocenters. The molecular formula is C22H30IN5O. The van der Waals surface area contributed by atoms with E-state index in [0.717, 1.165) is 31.2 Å². The van der Waals surface area contributed by atoms with Gasteiger partial charge in [0.15, 0.2) is 5.96 Å². The highest BCUT2D eigenvalue weighted by atomic mass is 127. The topological polar surface area (TPSA) is 82.7 Å². The summed E-state index contributed by atoms with van der Waals surface area (Å²) >= 11 is 0. The average Bonchev–Trinajstić information content (AvgIpc) is 3.16. The number of carbonyl (C=O) groups excluding carboxylic acids is 1. The Morgan fingerprint density at radius 3 is 2.62 bits per heavy atom. The van der Waals surface area contributed by atoms with E-state index in [9.17, 15) is 4.79 Å². The van der Waals surface area contributed by atoms with Gasteiger partial charge in [-0.2, -0.15) is 0 Å². The number of benzene rings is 2. The van der Waals surface area contributed by atoms with Gasteiger partial charge in [-0.15, -0.1) is 24.0 Å². The number of guanidine groups is 1. The first-order valence-corrected chi connectivity index (χ1v) is 9.77. The summed E-state index contributed by atoms with van der Waals surface area (Å²) in [5.41, 5.74) is 8.21. The lowest BCUT2D eigenvalue weighted by molar-refractivity contribution is 0.1000. The van der Waals surface area contributed by atoms with Gasteiger partial charge in [0.1, 0.15) is 0 Å². The van der Waals surface area contributed by atoms with Gasteiger partial charge in [-0.25, -0.2) is 0 Å². The standard InChI is InChI=1S/C22H29N5O.HI/c1-24-22(25-14-18-9-5-10-19(13-18)21(23)28)26-15-20-11-6-12-27(20)16-17-7-3-2-4-8-17;/h2-5,7-10,13,20H,6,11-12,14-16H2,1H3,(H2,23,28)(H2,24,25,26);1H. The van der Waals surface area contributed by atoms with Crippen molar-refractivity contribution < 1.29 is 4.79 Å². The van der Waals surface area contributed by atoms with Crippen LogP contribution in [-0.2, 0) is 13.1 Å². The zero-order valence-electron chi connectivity index (χ0n) is 16.8. The van der Waals surface area contributed by atoms with Gasteiger partial charge < -0.3 is 16.4 Å². The highest BCUT2D eigenvalue weighted by Crippen LogP contribution is 2.19. The number of primary amides is 1. The molecule has 2 aromatic carbocycles. The first kappa shape index (κ1) is 23.2. The minimum atomic E-state index is -0.413. The van der Waals surface area contributed by atoms with Crippen LogP contribution in [0.4, 0.5) is 0 Å². The lowest BCUT2D eigenvalue weighted by atomic mass is 10.1. The van der Waals surface area contributed by atoms with Gasteiger partial charge in [0, 0.05) is 38.3 Å².